The van der Waals surface area contributed by atoms with E-state index in [1.54, 1.807) is 25.7 Å². The van der Waals surface area contributed by atoms with Crippen LogP contribution in [0.3, 0.4) is 0 Å². The summed E-state index contributed by atoms with van der Waals surface area (Å²) < 4.78 is 0. The molecule has 2 aliphatic rings. The van der Waals surface area contributed by atoms with E-state index < -0.39 is 0 Å². The van der Waals surface area contributed by atoms with Crippen LogP contribution in [0.25, 0.3) is 0 Å². The van der Waals surface area contributed by atoms with Crippen molar-refractivity contribution in [1.29, 1.82) is 10.8 Å². The van der Waals surface area contributed by atoms with Gasteiger partial charge in [0.1, 0.15) is 0 Å². The molecule has 0 radical (unpaired) electrons. The molecule has 0 atom stereocenters. The summed E-state index contributed by atoms with van der Waals surface area (Å²) in [4.78, 5) is 16.7. The van der Waals surface area contributed by atoms with Crippen LogP contribution in [0.5, 0.6) is 0 Å². The minimum Gasteiger partial charge on any atom is -0.222 e. The van der Waals surface area contributed by atoms with Gasteiger partial charge in [-0.05, 0) is 31.1 Å². The molecule has 0 amide bonds. The van der Waals surface area contributed by atoms with E-state index in [0.29, 0.717) is 0 Å². The van der Waals surface area contributed by atoms with Crippen LogP contribution in [0.15, 0.2) is 0 Å². The predicted molar refractivity (Wildman–Crippen MR) is 60.8 cm³/mol. The first-order chi connectivity index (χ1) is 7.74. The van der Waals surface area contributed by atoms with Crippen LogP contribution in [-0.2, 0) is 9.59 Å². The van der Waals surface area contributed by atoms with E-state index in [1.165, 1.54) is 32.1 Å². The molecule has 2 N–H and O–H groups in total. The zero-order valence-corrected chi connectivity index (χ0v) is 9.68. The van der Waals surface area contributed by atoms with Gasteiger partial charge < -0.3 is 0 Å². The normalized spacial score (nSPS) is 20.5. The number of hydrogen-bond donors (Lipinski definition) is 2. The van der Waals surface area contributed by atoms with Crippen LogP contribution < -0.4 is 0 Å². The van der Waals surface area contributed by atoms with Crippen molar-refractivity contribution < 1.29 is 9.59 Å². The molecule has 0 unspecified atom stereocenters. The summed E-state index contributed by atoms with van der Waals surface area (Å²) in [6.07, 6.45) is 15.4. The Labute approximate surface area is 96.4 Å². The van der Waals surface area contributed by atoms with Gasteiger partial charge in [0.05, 0.1) is 0 Å². The summed E-state index contributed by atoms with van der Waals surface area (Å²) in [5, 5.41) is 10.8. The van der Waals surface area contributed by atoms with Gasteiger partial charge in [-0.15, -0.1) is 0 Å². The number of hydrogen-bond acceptors (Lipinski definition) is 4. The van der Waals surface area contributed by atoms with Gasteiger partial charge in [0.2, 0.25) is 12.2 Å². The highest BCUT2D eigenvalue weighted by Crippen LogP contribution is 2.48. The lowest BCUT2D eigenvalue weighted by Gasteiger charge is -2.32. The van der Waals surface area contributed by atoms with Gasteiger partial charge in [0, 0.05) is 0 Å². The Kier molecular flexibility index (Phi) is 8.32. The molecule has 4 heteroatoms. The molecule has 2 saturated carbocycles. The van der Waals surface area contributed by atoms with Gasteiger partial charge in [0.25, 0.3) is 0 Å². The minimum absolute atomic E-state index is 0.750. The van der Waals surface area contributed by atoms with E-state index in [9.17, 15) is 0 Å². The Bertz CT molecular complexity index is 226. The molecule has 0 saturated heterocycles. The number of isocyanates is 2. The lowest BCUT2D eigenvalue weighted by atomic mass is 9.73. The van der Waals surface area contributed by atoms with Crippen molar-refractivity contribution in [3.63, 3.8) is 0 Å². The first kappa shape index (κ1) is 14.8. The van der Waals surface area contributed by atoms with E-state index in [0.717, 1.165) is 17.6 Å². The Morgan fingerprint density at radius 1 is 0.688 bits per heavy atom. The average molecular weight is 224 g/mol. The molecule has 2 fully saturated rings. The lowest BCUT2D eigenvalue weighted by molar-refractivity contribution is 0.197. The number of rotatable bonds is 0. The number of nitrogens with one attached hydrogen (secondary N) is 2. The zero-order valence-electron chi connectivity index (χ0n) is 9.68. The first-order valence-corrected chi connectivity index (χ1v) is 5.82. The van der Waals surface area contributed by atoms with Crippen LogP contribution in [0.2, 0.25) is 0 Å². The SMILES string of the molecule is C1CCC2(CC1)CCCC2.N=C=O.N=C=O. The smallest absolute Gasteiger partial charge is 0.222 e. The van der Waals surface area contributed by atoms with E-state index in [2.05, 4.69) is 0 Å². The summed E-state index contributed by atoms with van der Waals surface area (Å²) in [5.41, 5.74) is 0.873. The van der Waals surface area contributed by atoms with Gasteiger partial charge in [-0.2, -0.15) is 0 Å². The van der Waals surface area contributed by atoms with Crippen molar-refractivity contribution in [1.82, 2.24) is 0 Å². The second kappa shape index (κ2) is 9.02. The Balaban J connectivity index is 0.000000321. The predicted octanol–water partition coefficient (Wildman–Crippen LogP) is 3.31. The van der Waals surface area contributed by atoms with Crippen LogP contribution in [-0.4, -0.2) is 12.2 Å². The lowest BCUT2D eigenvalue weighted by Crippen LogP contribution is -2.19. The standard InChI is InChI=1S/C10H18.2CHNO/c1-2-6-10(7-3-1)8-4-5-9-10;2*2-1-3/h1-9H2;2*2H. The second-order valence-electron chi connectivity index (χ2n) is 4.47. The fraction of sp³-hybridized carbons (Fsp3) is 0.833. The molecule has 4 nitrogen and oxygen atoms in total. The summed E-state index contributed by atoms with van der Waals surface area (Å²) in [5.74, 6) is 0. The highest BCUT2D eigenvalue weighted by atomic mass is 16.1. The molecule has 16 heavy (non-hydrogen) atoms. The summed E-state index contributed by atoms with van der Waals surface area (Å²) in [6.45, 7) is 0. The van der Waals surface area contributed by atoms with Gasteiger partial charge in [-0.3, -0.25) is 0 Å². The maximum atomic E-state index is 8.35. The molecule has 0 heterocycles. The van der Waals surface area contributed by atoms with Gasteiger partial charge in [-0.25, -0.2) is 20.4 Å². The van der Waals surface area contributed by atoms with Gasteiger partial charge in [0.15, 0.2) is 0 Å². The fourth-order valence-corrected chi connectivity index (χ4v) is 2.93. The average Bonchev–Trinajstić information content (AvgIpc) is 2.70. The van der Waals surface area contributed by atoms with Crippen LogP contribution in [0.1, 0.15) is 57.8 Å². The molecule has 90 valence electrons. The van der Waals surface area contributed by atoms with Crippen molar-refractivity contribution in [3.8, 4) is 0 Å². The molecule has 1 spiro atoms. The van der Waals surface area contributed by atoms with Crippen LogP contribution >= 0.6 is 0 Å². The molecule has 0 aromatic heterocycles. The molecular formula is C12H20N2O2. The molecule has 0 aromatic carbocycles. The van der Waals surface area contributed by atoms with E-state index in [-0.39, 0.29) is 0 Å². The van der Waals surface area contributed by atoms with E-state index in [1.807, 2.05) is 0 Å². The molecule has 0 bridgehead atoms. The van der Waals surface area contributed by atoms with Crippen LogP contribution in [0, 0.1) is 16.2 Å². The van der Waals surface area contributed by atoms with E-state index in [4.69, 9.17) is 20.4 Å². The largest absolute Gasteiger partial charge is 0.231 e. The third kappa shape index (κ3) is 5.59. The quantitative estimate of drug-likeness (QED) is 0.488. The van der Waals surface area contributed by atoms with Gasteiger partial charge in [-0.1, -0.05) is 32.1 Å². The highest BCUT2D eigenvalue weighted by molar-refractivity contribution is 5.26. The molecule has 0 aliphatic heterocycles. The van der Waals surface area contributed by atoms with E-state index >= 15 is 0 Å². The Hall–Kier alpha value is -1.24. The molecule has 2 aliphatic carbocycles. The molecular weight excluding hydrogens is 204 g/mol. The van der Waals surface area contributed by atoms with Crippen molar-refractivity contribution in [3.05, 3.63) is 0 Å². The summed E-state index contributed by atoms with van der Waals surface area (Å²) in [7, 11) is 0. The second-order valence-corrected chi connectivity index (χ2v) is 4.47. The van der Waals surface area contributed by atoms with Crippen molar-refractivity contribution in [2.45, 2.75) is 57.8 Å². The Morgan fingerprint density at radius 3 is 1.25 bits per heavy atom. The van der Waals surface area contributed by atoms with Crippen molar-refractivity contribution in [2.24, 2.45) is 5.41 Å². The number of carbonyl (C=O) groups excluding carboxylic acids is 2. The monoisotopic (exact) mass is 224 g/mol. The zero-order chi connectivity index (χ0) is 12.3. The fourth-order valence-electron chi connectivity index (χ4n) is 2.93. The van der Waals surface area contributed by atoms with Gasteiger partial charge >= 0.3 is 0 Å². The molecule has 2 rings (SSSR count). The topological polar surface area (TPSA) is 81.8 Å². The van der Waals surface area contributed by atoms with Crippen LogP contribution in [0.4, 0.5) is 0 Å². The van der Waals surface area contributed by atoms with Crippen molar-refractivity contribution in [2.75, 3.05) is 0 Å². The summed E-state index contributed by atoms with van der Waals surface area (Å²) >= 11 is 0. The summed E-state index contributed by atoms with van der Waals surface area (Å²) in [6, 6.07) is 0. The van der Waals surface area contributed by atoms with Crippen molar-refractivity contribution >= 4 is 12.2 Å². The first-order valence-electron chi connectivity index (χ1n) is 5.82. The molecule has 0 aromatic rings. The third-order valence-electron chi connectivity index (χ3n) is 3.58. The highest BCUT2D eigenvalue weighted by Gasteiger charge is 2.34. The maximum absolute atomic E-state index is 8.35. The Morgan fingerprint density at radius 2 is 0.938 bits per heavy atom. The third-order valence-corrected chi connectivity index (χ3v) is 3.58. The minimum atomic E-state index is 0.750. The maximum Gasteiger partial charge on any atom is 0.231 e.